The molecule has 0 aliphatic carbocycles. The quantitative estimate of drug-likeness (QED) is 0.699. The number of carbonyl (C=O) groups excluding carboxylic acids is 1. The highest BCUT2D eigenvalue weighted by Crippen LogP contribution is 2.16. The number of pyridine rings is 1. The fourth-order valence-corrected chi connectivity index (χ4v) is 2.92. The number of aromatic nitrogens is 3. The third-order valence-electron chi connectivity index (χ3n) is 4.35. The number of carbonyl (C=O) groups is 1. The van der Waals surface area contributed by atoms with Crippen LogP contribution < -0.4 is 0 Å². The zero-order valence-electron chi connectivity index (χ0n) is 14.3. The molecule has 3 aromatic rings. The molecular weight excluding hydrogens is 304 g/mol. The van der Waals surface area contributed by atoms with E-state index in [9.17, 15) is 4.79 Å². The Morgan fingerprint density at radius 2 is 2.17 bits per heavy atom. The molecule has 0 N–H and O–H groups in total. The highest BCUT2D eigenvalue weighted by Gasteiger charge is 2.17. The van der Waals surface area contributed by atoms with Gasteiger partial charge in [0.1, 0.15) is 11.4 Å². The molecule has 0 aliphatic rings. The third kappa shape index (κ3) is 3.18. The summed E-state index contributed by atoms with van der Waals surface area (Å²) in [6, 6.07) is 5.88. The minimum absolute atomic E-state index is 0.128. The van der Waals surface area contributed by atoms with E-state index in [0.29, 0.717) is 25.9 Å². The first kappa shape index (κ1) is 16.2. The van der Waals surface area contributed by atoms with E-state index in [1.54, 1.807) is 0 Å². The summed E-state index contributed by atoms with van der Waals surface area (Å²) in [6.07, 6.45) is 4.91. The summed E-state index contributed by atoms with van der Waals surface area (Å²) < 4.78 is 7.18. The van der Waals surface area contributed by atoms with Gasteiger partial charge in [-0.15, -0.1) is 0 Å². The Labute approximate surface area is 141 Å². The van der Waals surface area contributed by atoms with Crippen LogP contribution >= 0.6 is 0 Å². The lowest BCUT2D eigenvalue weighted by Crippen LogP contribution is -2.31. The lowest BCUT2D eigenvalue weighted by atomic mass is 10.1. The summed E-state index contributed by atoms with van der Waals surface area (Å²) >= 11 is 0. The van der Waals surface area contributed by atoms with Crippen LogP contribution in [0, 0.1) is 13.8 Å². The summed E-state index contributed by atoms with van der Waals surface area (Å²) in [7, 11) is 0. The van der Waals surface area contributed by atoms with Crippen LogP contribution in [0.5, 0.6) is 0 Å². The SMILES string of the molecule is CCN(Cc1cnc2ccccn12)C(=O)CCc1c(C)noc1C. The maximum atomic E-state index is 12.6. The number of imidazole rings is 1. The van der Waals surface area contributed by atoms with Gasteiger partial charge in [-0.3, -0.25) is 4.79 Å². The first-order valence-corrected chi connectivity index (χ1v) is 8.20. The molecule has 126 valence electrons. The average Bonchev–Trinajstić information content (AvgIpc) is 3.14. The van der Waals surface area contributed by atoms with E-state index >= 15 is 0 Å². The molecule has 0 saturated heterocycles. The first-order valence-electron chi connectivity index (χ1n) is 8.20. The summed E-state index contributed by atoms with van der Waals surface area (Å²) in [5.41, 5.74) is 3.81. The minimum Gasteiger partial charge on any atom is -0.361 e. The lowest BCUT2D eigenvalue weighted by Gasteiger charge is -2.20. The minimum atomic E-state index is 0.128. The number of aryl methyl sites for hydroxylation is 2. The van der Waals surface area contributed by atoms with Gasteiger partial charge in [-0.05, 0) is 39.3 Å². The first-order chi connectivity index (χ1) is 11.6. The van der Waals surface area contributed by atoms with E-state index < -0.39 is 0 Å². The Balaban J connectivity index is 1.68. The van der Waals surface area contributed by atoms with Gasteiger partial charge in [0.2, 0.25) is 5.91 Å². The summed E-state index contributed by atoms with van der Waals surface area (Å²) in [5, 5.41) is 3.94. The van der Waals surface area contributed by atoms with Crippen molar-refractivity contribution in [1.29, 1.82) is 0 Å². The van der Waals surface area contributed by atoms with Crippen molar-refractivity contribution in [2.45, 2.75) is 40.2 Å². The fourth-order valence-electron chi connectivity index (χ4n) is 2.92. The van der Waals surface area contributed by atoms with Crippen LogP contribution in [0.25, 0.3) is 5.65 Å². The zero-order chi connectivity index (χ0) is 17.1. The smallest absolute Gasteiger partial charge is 0.223 e. The Hall–Kier alpha value is -2.63. The molecule has 0 atom stereocenters. The largest absolute Gasteiger partial charge is 0.361 e. The van der Waals surface area contributed by atoms with Gasteiger partial charge in [-0.25, -0.2) is 4.98 Å². The predicted molar refractivity (Wildman–Crippen MR) is 90.6 cm³/mol. The molecule has 0 radical (unpaired) electrons. The van der Waals surface area contributed by atoms with Gasteiger partial charge in [0, 0.05) is 24.7 Å². The lowest BCUT2D eigenvalue weighted by molar-refractivity contribution is -0.131. The topological polar surface area (TPSA) is 63.6 Å². The van der Waals surface area contributed by atoms with Crippen molar-refractivity contribution < 1.29 is 9.32 Å². The molecule has 0 spiro atoms. The standard InChI is InChI=1S/C18H22N4O2/c1-4-21(12-15-11-19-17-7-5-6-10-22(15)17)18(23)9-8-16-13(2)20-24-14(16)3/h5-7,10-11H,4,8-9,12H2,1-3H3. The van der Waals surface area contributed by atoms with Crippen LogP contribution in [-0.4, -0.2) is 31.9 Å². The van der Waals surface area contributed by atoms with Gasteiger partial charge >= 0.3 is 0 Å². The molecule has 0 aromatic carbocycles. The van der Waals surface area contributed by atoms with E-state index in [2.05, 4.69) is 10.1 Å². The van der Waals surface area contributed by atoms with Crippen molar-refractivity contribution in [2.75, 3.05) is 6.54 Å². The van der Waals surface area contributed by atoms with Crippen LogP contribution in [0.2, 0.25) is 0 Å². The van der Waals surface area contributed by atoms with Crippen molar-refractivity contribution in [2.24, 2.45) is 0 Å². The maximum Gasteiger partial charge on any atom is 0.223 e. The second-order valence-electron chi connectivity index (χ2n) is 5.89. The van der Waals surface area contributed by atoms with Gasteiger partial charge in [0.05, 0.1) is 24.1 Å². The molecule has 6 nitrogen and oxygen atoms in total. The van der Waals surface area contributed by atoms with Gasteiger partial charge in [0.15, 0.2) is 0 Å². The van der Waals surface area contributed by atoms with Crippen molar-refractivity contribution in [3.63, 3.8) is 0 Å². The summed E-state index contributed by atoms with van der Waals surface area (Å²) in [6.45, 7) is 7.02. The maximum absolute atomic E-state index is 12.6. The third-order valence-corrected chi connectivity index (χ3v) is 4.35. The Morgan fingerprint density at radius 3 is 2.88 bits per heavy atom. The van der Waals surface area contributed by atoms with Crippen LogP contribution in [-0.2, 0) is 17.8 Å². The molecule has 3 heterocycles. The van der Waals surface area contributed by atoms with E-state index in [1.807, 2.05) is 60.7 Å². The van der Waals surface area contributed by atoms with Crippen molar-refractivity contribution in [3.8, 4) is 0 Å². The van der Waals surface area contributed by atoms with Gasteiger partial charge in [-0.1, -0.05) is 11.2 Å². The Morgan fingerprint density at radius 1 is 1.33 bits per heavy atom. The molecular formula is C18H22N4O2. The van der Waals surface area contributed by atoms with Crippen molar-refractivity contribution >= 4 is 11.6 Å². The van der Waals surface area contributed by atoms with Crippen LogP contribution in [0.3, 0.4) is 0 Å². The van der Waals surface area contributed by atoms with Crippen LogP contribution in [0.4, 0.5) is 0 Å². The van der Waals surface area contributed by atoms with Crippen LogP contribution in [0.15, 0.2) is 35.1 Å². The Kier molecular flexibility index (Phi) is 4.64. The molecule has 1 amide bonds. The number of hydrogen-bond acceptors (Lipinski definition) is 4. The molecule has 0 saturated carbocycles. The van der Waals surface area contributed by atoms with Gasteiger partial charge < -0.3 is 13.8 Å². The molecule has 0 bridgehead atoms. The zero-order valence-corrected chi connectivity index (χ0v) is 14.3. The molecule has 3 aromatic heterocycles. The molecule has 6 heteroatoms. The fraction of sp³-hybridized carbons (Fsp3) is 0.389. The van der Waals surface area contributed by atoms with Crippen molar-refractivity contribution in [1.82, 2.24) is 19.4 Å². The van der Waals surface area contributed by atoms with Gasteiger partial charge in [0.25, 0.3) is 0 Å². The van der Waals surface area contributed by atoms with E-state index in [-0.39, 0.29) is 5.91 Å². The number of amides is 1. The van der Waals surface area contributed by atoms with E-state index in [0.717, 1.165) is 28.4 Å². The average molecular weight is 326 g/mol. The van der Waals surface area contributed by atoms with E-state index in [1.165, 1.54) is 0 Å². The summed E-state index contributed by atoms with van der Waals surface area (Å²) in [4.78, 5) is 18.8. The van der Waals surface area contributed by atoms with Crippen molar-refractivity contribution in [3.05, 3.63) is 53.3 Å². The summed E-state index contributed by atoms with van der Waals surface area (Å²) in [5.74, 6) is 0.925. The Bertz CT molecular complexity index is 830. The van der Waals surface area contributed by atoms with Crippen LogP contribution in [0.1, 0.15) is 36.1 Å². The predicted octanol–water partition coefficient (Wildman–Crippen LogP) is 2.92. The van der Waals surface area contributed by atoms with Gasteiger partial charge in [-0.2, -0.15) is 0 Å². The molecule has 0 aliphatic heterocycles. The molecule has 0 unspecified atom stereocenters. The number of hydrogen-bond donors (Lipinski definition) is 0. The molecule has 0 fully saturated rings. The highest BCUT2D eigenvalue weighted by molar-refractivity contribution is 5.76. The number of fused-ring (bicyclic) bond motifs is 1. The normalized spacial score (nSPS) is 11.1. The second kappa shape index (κ2) is 6.86. The number of rotatable bonds is 6. The number of nitrogens with zero attached hydrogens (tertiary/aromatic N) is 4. The molecule has 3 rings (SSSR count). The highest BCUT2D eigenvalue weighted by atomic mass is 16.5. The van der Waals surface area contributed by atoms with E-state index in [4.69, 9.17) is 4.52 Å². The second-order valence-corrected chi connectivity index (χ2v) is 5.89. The monoisotopic (exact) mass is 326 g/mol. The molecule has 24 heavy (non-hydrogen) atoms.